The molecule has 0 saturated heterocycles. The number of esters is 2. The van der Waals surface area contributed by atoms with Gasteiger partial charge in [0, 0.05) is 11.8 Å². The van der Waals surface area contributed by atoms with Crippen LogP contribution in [0.15, 0.2) is 65.7 Å². The molecule has 10 rings (SSSR count). The van der Waals surface area contributed by atoms with Crippen LogP contribution in [0.1, 0.15) is 124 Å². The minimum Gasteiger partial charge on any atom is -0.497 e. The second-order valence-corrected chi connectivity index (χ2v) is 22.3. The van der Waals surface area contributed by atoms with Gasteiger partial charge < -0.3 is 24.3 Å². The van der Waals surface area contributed by atoms with Crippen LogP contribution < -0.4 is 10.1 Å². The number of ketones is 1. The molecule has 0 heterocycles. The lowest BCUT2D eigenvalue weighted by atomic mass is 9.46. The second kappa shape index (κ2) is 13.4. The monoisotopic (exact) mass is 831 g/mol. The molecule has 0 aromatic heterocycles. The molecule has 7 saturated carbocycles. The van der Waals surface area contributed by atoms with Gasteiger partial charge in [0.25, 0.3) is 0 Å². The van der Waals surface area contributed by atoms with Crippen LogP contribution in [-0.2, 0) is 41.8 Å². The molecule has 0 aliphatic heterocycles. The van der Waals surface area contributed by atoms with Crippen LogP contribution in [0.4, 0.5) is 4.79 Å². The minimum atomic E-state index is -0.714. The number of Topliss-reactive ketones (excluding diaryl/α,β-unsaturated/α-hetero) is 1. The molecule has 2 aromatic rings. The molecule has 8 aliphatic rings. The molecule has 9 heteroatoms. The average Bonchev–Trinajstić information content (AvgIpc) is 3.98. The molecule has 2 spiro atoms. The third kappa shape index (κ3) is 5.36. The van der Waals surface area contributed by atoms with Crippen LogP contribution in [0.3, 0.4) is 0 Å². The van der Waals surface area contributed by atoms with Crippen molar-refractivity contribution in [3.8, 4) is 5.75 Å². The molecule has 0 radical (unpaired) electrons. The Labute approximate surface area is 361 Å². The highest BCUT2D eigenvalue weighted by atomic mass is 16.6. The number of fused-ring (bicyclic) bond motifs is 3. The molecule has 61 heavy (non-hydrogen) atoms. The molecule has 8 aliphatic carbocycles. The van der Waals surface area contributed by atoms with Gasteiger partial charge in [0.1, 0.15) is 25.1 Å². The van der Waals surface area contributed by atoms with E-state index < -0.39 is 17.0 Å². The first-order valence-corrected chi connectivity index (χ1v) is 23.2. The maximum Gasteiger partial charge on any atom is 0.408 e. The van der Waals surface area contributed by atoms with Gasteiger partial charge in [-0.3, -0.25) is 14.4 Å². The van der Waals surface area contributed by atoms with Crippen molar-refractivity contribution in [3.63, 3.8) is 0 Å². The molecule has 1 unspecified atom stereocenters. The number of carbonyl (C=O) groups is 4. The van der Waals surface area contributed by atoms with Crippen molar-refractivity contribution in [2.24, 2.45) is 68.0 Å². The summed E-state index contributed by atoms with van der Waals surface area (Å²) in [6.45, 7) is 16.3. The van der Waals surface area contributed by atoms with Gasteiger partial charge in [-0.2, -0.15) is 0 Å². The molecular weight excluding hydrogens is 767 g/mol. The number of methoxy groups -OCH3 is 1. The van der Waals surface area contributed by atoms with Crippen LogP contribution in [-0.4, -0.2) is 42.6 Å². The van der Waals surface area contributed by atoms with E-state index in [0.717, 1.165) is 73.8 Å². The van der Waals surface area contributed by atoms with Gasteiger partial charge in [0.2, 0.25) is 0 Å². The Kier molecular flexibility index (Phi) is 9.01. The first-order chi connectivity index (χ1) is 28.9. The summed E-state index contributed by atoms with van der Waals surface area (Å²) in [7, 11) is 1.63. The van der Waals surface area contributed by atoms with Crippen LogP contribution in [0.25, 0.3) is 0 Å². The summed E-state index contributed by atoms with van der Waals surface area (Å²) in [5.41, 5.74) is 3.11. The highest BCUT2D eigenvalue weighted by Gasteiger charge is 2.92. The molecule has 7 fully saturated rings. The molecule has 326 valence electrons. The average molecular weight is 832 g/mol. The van der Waals surface area contributed by atoms with Crippen molar-refractivity contribution in [3.05, 3.63) is 76.9 Å². The Morgan fingerprint density at radius 3 is 2.16 bits per heavy atom. The Morgan fingerprint density at radius 2 is 1.48 bits per heavy atom. The second-order valence-electron chi connectivity index (χ2n) is 22.3. The molecule has 2 aromatic carbocycles. The van der Waals surface area contributed by atoms with E-state index >= 15 is 0 Å². The summed E-state index contributed by atoms with van der Waals surface area (Å²) in [5, 5.41) is 3.35. The number of rotatable bonds is 10. The van der Waals surface area contributed by atoms with Crippen LogP contribution >= 0.6 is 0 Å². The summed E-state index contributed by atoms with van der Waals surface area (Å²) < 4.78 is 23.5. The number of amides is 1. The molecule has 1 amide bonds. The number of hydrogen-bond donors (Lipinski definition) is 1. The number of alkyl carbamates (subject to hydrolysis) is 1. The molecular formula is C52H65NO8. The normalized spacial score (nSPS) is 41.8. The Bertz CT molecular complexity index is 2210. The molecule has 1 N–H and O–H groups in total. The largest absolute Gasteiger partial charge is 0.497 e. The van der Waals surface area contributed by atoms with E-state index in [-0.39, 0.29) is 87.8 Å². The molecule has 12 atom stereocenters. The predicted molar refractivity (Wildman–Crippen MR) is 229 cm³/mol. The van der Waals surface area contributed by atoms with E-state index in [4.69, 9.17) is 18.9 Å². The fourth-order valence-corrected chi connectivity index (χ4v) is 16.5. The quantitative estimate of drug-likeness (QED) is 0.186. The summed E-state index contributed by atoms with van der Waals surface area (Å²) in [6, 6.07) is 17.2. The van der Waals surface area contributed by atoms with E-state index in [9.17, 15) is 19.2 Å². The Balaban J connectivity index is 0.860. The third-order valence-electron chi connectivity index (χ3n) is 19.7. The smallest absolute Gasteiger partial charge is 0.408 e. The van der Waals surface area contributed by atoms with Gasteiger partial charge in [0.15, 0.2) is 5.78 Å². The number of carbonyl (C=O) groups excluding carboxylic acids is 4. The number of benzene rings is 2. The fourth-order valence-electron chi connectivity index (χ4n) is 16.5. The van der Waals surface area contributed by atoms with Crippen molar-refractivity contribution in [1.29, 1.82) is 0 Å². The Morgan fingerprint density at radius 1 is 0.787 bits per heavy atom. The van der Waals surface area contributed by atoms with Gasteiger partial charge in [-0.05, 0) is 143 Å². The minimum absolute atomic E-state index is 0.0691. The van der Waals surface area contributed by atoms with Gasteiger partial charge in [-0.1, -0.05) is 90.9 Å². The highest BCUT2D eigenvalue weighted by molar-refractivity contribution is 6.02. The number of ether oxygens (including phenoxy) is 4. The summed E-state index contributed by atoms with van der Waals surface area (Å²) >= 11 is 0. The SMILES string of the molecule is COc1ccc(COC(=O)N[C@@]23CC[C@]45C6C[C@@]78C[C@]7(C)[C@@H](OC(=O)[C@H]7C[C@@H](C(=O)OCc9ccccc9)C7(C)C)CC[C@]8(C)[C@@H](CC[C@@H]4C2=C(C(C)C)C(=O)C3)[C@@]65C)cc1. The van der Waals surface area contributed by atoms with Crippen LogP contribution in [0.2, 0.25) is 0 Å². The summed E-state index contributed by atoms with van der Waals surface area (Å²) in [4.78, 5) is 55.1. The van der Waals surface area contributed by atoms with Crippen molar-refractivity contribution in [2.75, 3.05) is 7.11 Å². The number of hydrogen-bond acceptors (Lipinski definition) is 8. The zero-order valence-electron chi connectivity index (χ0n) is 37.5. The van der Waals surface area contributed by atoms with Crippen LogP contribution in [0, 0.1) is 68.0 Å². The topological polar surface area (TPSA) is 117 Å². The van der Waals surface area contributed by atoms with E-state index in [1.165, 1.54) is 5.57 Å². The molecule has 0 bridgehead atoms. The van der Waals surface area contributed by atoms with Gasteiger partial charge in [-0.15, -0.1) is 0 Å². The van der Waals surface area contributed by atoms with Crippen molar-refractivity contribution < 1.29 is 38.1 Å². The lowest BCUT2D eigenvalue weighted by molar-refractivity contribution is -0.191. The zero-order valence-corrected chi connectivity index (χ0v) is 37.5. The standard InChI is InChI=1S/C52H65NO8/c1-30(2)41-37(54)25-50(53-45(57)60-28-32-14-16-33(58-8)17-15-32)22-23-52-34(42(41)50)18-19-38-47(5)21-20-40(48(6)29-51(47,48)26-39(52)49(38,52)7)61-44(56)36-24-35(46(36,3)4)43(55)59-27-31-12-10-9-11-13-31/h9-17,30,34-36,38-40H,18-29H2,1-8H3,(H,53,57)/t34-,35+,36-,38-,39?,40+,47-,48-,49+,50-,51+,52-/m1/s1. The number of nitrogens with one attached hydrogen (secondary N) is 1. The Hall–Kier alpha value is -4.14. The lowest BCUT2D eigenvalue weighted by Gasteiger charge is -2.59. The summed E-state index contributed by atoms with van der Waals surface area (Å²) in [5.74, 6) is 1.25. The van der Waals surface area contributed by atoms with Crippen molar-refractivity contribution in [1.82, 2.24) is 5.32 Å². The highest BCUT2D eigenvalue weighted by Crippen LogP contribution is 2.97. The van der Waals surface area contributed by atoms with E-state index in [0.29, 0.717) is 24.7 Å². The lowest BCUT2D eigenvalue weighted by Crippen LogP contribution is -2.57. The van der Waals surface area contributed by atoms with Gasteiger partial charge >= 0.3 is 18.0 Å². The first-order valence-electron chi connectivity index (χ1n) is 23.2. The van der Waals surface area contributed by atoms with Crippen molar-refractivity contribution >= 4 is 23.8 Å². The van der Waals surface area contributed by atoms with E-state index in [2.05, 4.69) is 39.9 Å². The third-order valence-corrected chi connectivity index (χ3v) is 19.7. The van der Waals surface area contributed by atoms with E-state index in [1.807, 2.05) is 68.4 Å². The van der Waals surface area contributed by atoms with E-state index in [1.54, 1.807) is 7.11 Å². The van der Waals surface area contributed by atoms with Crippen LogP contribution in [0.5, 0.6) is 5.75 Å². The maximum absolute atomic E-state index is 14.1. The van der Waals surface area contributed by atoms with Crippen molar-refractivity contribution in [2.45, 2.75) is 138 Å². The maximum atomic E-state index is 14.1. The predicted octanol–water partition coefficient (Wildman–Crippen LogP) is 9.95. The van der Waals surface area contributed by atoms with Gasteiger partial charge in [0.05, 0.1) is 24.5 Å². The zero-order chi connectivity index (χ0) is 43.1. The molecule has 9 nitrogen and oxygen atoms in total. The number of allylic oxidation sites excluding steroid dienone is 1. The van der Waals surface area contributed by atoms with Gasteiger partial charge in [-0.25, -0.2) is 4.79 Å². The fraction of sp³-hybridized carbons (Fsp3) is 0.654. The summed E-state index contributed by atoms with van der Waals surface area (Å²) in [6.07, 6.45) is 8.16. The first kappa shape index (κ1) is 40.9.